The van der Waals surface area contributed by atoms with Crippen LogP contribution in [0, 0.1) is 11.8 Å². The van der Waals surface area contributed by atoms with Crippen LogP contribution in [0.15, 0.2) is 0 Å². The predicted octanol–water partition coefficient (Wildman–Crippen LogP) is 0.261. The van der Waals surface area contributed by atoms with Crippen molar-refractivity contribution in [3.05, 3.63) is 0 Å². The average molecular weight is 116 g/mol. The van der Waals surface area contributed by atoms with Crippen LogP contribution in [0.1, 0.15) is 6.92 Å². The first-order valence-corrected chi connectivity index (χ1v) is 3.03. The maximum atomic E-state index is 8.61. The Hall–Kier alpha value is -0.0800. The first-order chi connectivity index (χ1) is 3.84. The number of aliphatic hydroxyl groups excluding tert-OH is 1. The second kappa shape index (κ2) is 2.46. The number of aliphatic hydroxyl groups is 1. The Balaban J connectivity index is 2.13. The molecule has 2 nitrogen and oxygen atoms in total. The van der Waals surface area contributed by atoms with Gasteiger partial charge in [-0.1, -0.05) is 6.92 Å². The summed E-state index contributed by atoms with van der Waals surface area (Å²) in [6, 6.07) is 0. The fourth-order valence-electron chi connectivity index (χ4n) is 0.732. The lowest BCUT2D eigenvalue weighted by Crippen LogP contribution is -2.34. The highest BCUT2D eigenvalue weighted by Gasteiger charge is 2.23. The summed E-state index contributed by atoms with van der Waals surface area (Å²) in [6.45, 7) is 4.05. The SMILES string of the molecule is C[C@@H](CO)C1COC1. The molecule has 1 rings (SSSR count). The van der Waals surface area contributed by atoms with Crippen molar-refractivity contribution in [2.45, 2.75) is 6.92 Å². The van der Waals surface area contributed by atoms with Crippen LogP contribution in [0.25, 0.3) is 0 Å². The zero-order chi connectivity index (χ0) is 5.98. The van der Waals surface area contributed by atoms with Crippen LogP contribution in [0.4, 0.5) is 0 Å². The van der Waals surface area contributed by atoms with Crippen LogP contribution in [0.5, 0.6) is 0 Å². The zero-order valence-corrected chi connectivity index (χ0v) is 5.13. The monoisotopic (exact) mass is 116 g/mol. The van der Waals surface area contributed by atoms with Crippen molar-refractivity contribution in [3.63, 3.8) is 0 Å². The van der Waals surface area contributed by atoms with Gasteiger partial charge in [-0.2, -0.15) is 0 Å². The minimum atomic E-state index is 0.300. The van der Waals surface area contributed by atoms with Gasteiger partial charge in [-0.3, -0.25) is 0 Å². The van der Waals surface area contributed by atoms with Gasteiger partial charge in [0, 0.05) is 12.5 Å². The molecule has 1 aliphatic heterocycles. The van der Waals surface area contributed by atoms with Crippen LogP contribution in [-0.2, 0) is 4.74 Å². The third-order valence-corrected chi connectivity index (χ3v) is 1.76. The Morgan fingerprint density at radius 2 is 2.38 bits per heavy atom. The summed E-state index contributed by atoms with van der Waals surface area (Å²) < 4.78 is 4.95. The second-order valence-corrected chi connectivity index (χ2v) is 2.46. The lowest BCUT2D eigenvalue weighted by atomic mass is 9.94. The second-order valence-electron chi connectivity index (χ2n) is 2.46. The zero-order valence-electron chi connectivity index (χ0n) is 5.13. The van der Waals surface area contributed by atoms with Crippen LogP contribution in [-0.4, -0.2) is 24.9 Å². The molecule has 0 aromatic rings. The molecule has 1 saturated heterocycles. The average Bonchev–Trinajstić information content (AvgIpc) is 1.62. The van der Waals surface area contributed by atoms with E-state index in [1.54, 1.807) is 0 Å². The molecule has 0 unspecified atom stereocenters. The van der Waals surface area contributed by atoms with E-state index >= 15 is 0 Å². The molecule has 0 aromatic carbocycles. The molecule has 0 radical (unpaired) electrons. The summed E-state index contributed by atoms with van der Waals surface area (Å²) in [5.41, 5.74) is 0. The van der Waals surface area contributed by atoms with E-state index in [9.17, 15) is 0 Å². The van der Waals surface area contributed by atoms with Crippen LogP contribution in [0.2, 0.25) is 0 Å². The Morgan fingerprint density at radius 1 is 1.75 bits per heavy atom. The molecule has 0 aromatic heterocycles. The van der Waals surface area contributed by atoms with Gasteiger partial charge >= 0.3 is 0 Å². The van der Waals surface area contributed by atoms with Crippen molar-refractivity contribution in [3.8, 4) is 0 Å². The lowest BCUT2D eigenvalue weighted by molar-refractivity contribution is -0.0664. The highest BCUT2D eigenvalue weighted by Crippen LogP contribution is 2.18. The van der Waals surface area contributed by atoms with Crippen molar-refractivity contribution in [1.29, 1.82) is 0 Å². The van der Waals surface area contributed by atoms with E-state index in [0.29, 0.717) is 18.4 Å². The van der Waals surface area contributed by atoms with E-state index in [1.165, 1.54) is 0 Å². The molecule has 0 saturated carbocycles. The number of hydrogen-bond acceptors (Lipinski definition) is 2. The smallest absolute Gasteiger partial charge is 0.0519 e. The minimum Gasteiger partial charge on any atom is -0.396 e. The summed E-state index contributed by atoms with van der Waals surface area (Å²) in [5, 5.41) is 8.61. The first kappa shape index (κ1) is 6.05. The molecule has 8 heavy (non-hydrogen) atoms. The van der Waals surface area contributed by atoms with E-state index in [-0.39, 0.29) is 0 Å². The molecule has 1 N–H and O–H groups in total. The van der Waals surface area contributed by atoms with Crippen molar-refractivity contribution in [2.24, 2.45) is 11.8 Å². The Bertz CT molecular complexity index is 66.2. The number of hydrogen-bond donors (Lipinski definition) is 1. The van der Waals surface area contributed by atoms with Crippen LogP contribution < -0.4 is 0 Å². The van der Waals surface area contributed by atoms with E-state index < -0.39 is 0 Å². The Morgan fingerprint density at radius 3 is 2.50 bits per heavy atom. The molecule has 1 fully saturated rings. The Labute approximate surface area is 49.5 Å². The molecule has 0 aliphatic carbocycles. The Kier molecular flexibility index (Phi) is 1.86. The van der Waals surface area contributed by atoms with Gasteiger partial charge in [-0.15, -0.1) is 0 Å². The van der Waals surface area contributed by atoms with Gasteiger partial charge in [-0.05, 0) is 5.92 Å². The highest BCUT2D eigenvalue weighted by atomic mass is 16.5. The van der Waals surface area contributed by atoms with Crippen LogP contribution in [0.3, 0.4) is 0 Å². The molecule has 1 heterocycles. The molecular weight excluding hydrogens is 104 g/mol. The third kappa shape index (κ3) is 1.01. The van der Waals surface area contributed by atoms with Gasteiger partial charge in [0.15, 0.2) is 0 Å². The van der Waals surface area contributed by atoms with Crippen molar-refractivity contribution >= 4 is 0 Å². The summed E-state index contributed by atoms with van der Waals surface area (Å²) in [6.07, 6.45) is 0. The van der Waals surface area contributed by atoms with E-state index in [2.05, 4.69) is 0 Å². The predicted molar refractivity (Wildman–Crippen MR) is 30.6 cm³/mol. The molecule has 48 valence electrons. The standard InChI is InChI=1S/C6H12O2/c1-5(2-7)6-3-8-4-6/h5-7H,2-4H2,1H3/t5-/m0/s1. The summed E-state index contributed by atoms with van der Waals surface area (Å²) in [4.78, 5) is 0. The van der Waals surface area contributed by atoms with Crippen LogP contribution >= 0.6 is 0 Å². The maximum absolute atomic E-state index is 8.61. The summed E-state index contributed by atoms with van der Waals surface area (Å²) >= 11 is 0. The third-order valence-electron chi connectivity index (χ3n) is 1.76. The van der Waals surface area contributed by atoms with Gasteiger partial charge in [0.2, 0.25) is 0 Å². The quantitative estimate of drug-likeness (QED) is 0.560. The maximum Gasteiger partial charge on any atom is 0.0519 e. The molecular formula is C6H12O2. The fraction of sp³-hybridized carbons (Fsp3) is 1.00. The molecule has 1 aliphatic rings. The molecule has 0 spiro atoms. The molecule has 0 amide bonds. The summed E-state index contributed by atoms with van der Waals surface area (Å²) in [5.74, 6) is 1.06. The normalized spacial score (nSPS) is 24.8. The van der Waals surface area contributed by atoms with Gasteiger partial charge < -0.3 is 9.84 Å². The number of rotatable bonds is 2. The molecule has 0 bridgehead atoms. The van der Waals surface area contributed by atoms with Crippen molar-refractivity contribution in [2.75, 3.05) is 19.8 Å². The topological polar surface area (TPSA) is 29.5 Å². The first-order valence-electron chi connectivity index (χ1n) is 3.03. The van der Waals surface area contributed by atoms with Gasteiger partial charge in [0.1, 0.15) is 0 Å². The van der Waals surface area contributed by atoms with Gasteiger partial charge in [0.05, 0.1) is 13.2 Å². The van der Waals surface area contributed by atoms with Gasteiger partial charge in [0.25, 0.3) is 0 Å². The number of ether oxygens (including phenoxy) is 1. The highest BCUT2D eigenvalue weighted by molar-refractivity contribution is 4.70. The minimum absolute atomic E-state index is 0.300. The van der Waals surface area contributed by atoms with Crippen molar-refractivity contribution in [1.82, 2.24) is 0 Å². The molecule has 1 atom stereocenters. The van der Waals surface area contributed by atoms with E-state index in [0.717, 1.165) is 13.2 Å². The molecule has 2 heteroatoms. The van der Waals surface area contributed by atoms with Gasteiger partial charge in [-0.25, -0.2) is 0 Å². The van der Waals surface area contributed by atoms with E-state index in [1.807, 2.05) is 6.92 Å². The fourth-order valence-corrected chi connectivity index (χ4v) is 0.732. The lowest BCUT2D eigenvalue weighted by Gasteiger charge is -2.30. The largest absolute Gasteiger partial charge is 0.396 e. The van der Waals surface area contributed by atoms with E-state index in [4.69, 9.17) is 9.84 Å². The van der Waals surface area contributed by atoms with Crippen molar-refractivity contribution < 1.29 is 9.84 Å². The summed E-state index contributed by atoms with van der Waals surface area (Å²) in [7, 11) is 0.